The Kier molecular flexibility index (Phi) is 4.40. The van der Waals surface area contributed by atoms with E-state index in [1.54, 1.807) is 0 Å². The van der Waals surface area contributed by atoms with Crippen molar-refractivity contribution in [2.45, 2.75) is 6.92 Å². The lowest BCUT2D eigenvalue weighted by molar-refractivity contribution is 0.260. The molecule has 0 radical (unpaired) electrons. The average molecular weight is 233 g/mol. The van der Waals surface area contributed by atoms with E-state index in [4.69, 9.17) is 0 Å². The molecule has 0 spiro atoms. The Hall–Kier alpha value is -1.06. The molecule has 0 unspecified atom stereocenters. The number of aryl methyl sites for hydroxylation is 1. The maximum atomic E-state index is 3.21. The summed E-state index contributed by atoms with van der Waals surface area (Å²) in [5, 5.41) is 3.21. The minimum absolute atomic E-state index is 1.09. The van der Waals surface area contributed by atoms with Gasteiger partial charge in [-0.3, -0.25) is 4.90 Å². The van der Waals surface area contributed by atoms with Crippen LogP contribution in [0.2, 0.25) is 0 Å². The molecule has 0 amide bonds. The van der Waals surface area contributed by atoms with Gasteiger partial charge < -0.3 is 10.2 Å². The average Bonchev–Trinajstić information content (AvgIpc) is 2.37. The summed E-state index contributed by atoms with van der Waals surface area (Å²) in [6.45, 7) is 9.06. The van der Waals surface area contributed by atoms with Crippen molar-refractivity contribution in [3.8, 4) is 0 Å². The number of nitrogens with one attached hydrogen (secondary N) is 1. The van der Waals surface area contributed by atoms with Crippen LogP contribution in [0.25, 0.3) is 0 Å². The van der Waals surface area contributed by atoms with Gasteiger partial charge in [-0.2, -0.15) is 0 Å². The molecule has 1 aromatic rings. The fourth-order valence-corrected chi connectivity index (χ4v) is 2.32. The van der Waals surface area contributed by atoms with Gasteiger partial charge in [-0.25, -0.2) is 0 Å². The standard InChI is InChI=1S/C14H23N3/c1-13-4-3-5-14(12-13)17-10-8-16(9-11-17)7-6-15-2/h3-5,12,15H,6-11H2,1-2H3. The van der Waals surface area contributed by atoms with E-state index in [1.807, 2.05) is 7.05 Å². The van der Waals surface area contributed by atoms with Crippen LogP contribution >= 0.6 is 0 Å². The van der Waals surface area contributed by atoms with Gasteiger partial charge in [-0.15, -0.1) is 0 Å². The molecule has 3 heteroatoms. The summed E-state index contributed by atoms with van der Waals surface area (Å²) < 4.78 is 0. The Morgan fingerprint density at radius 2 is 1.94 bits per heavy atom. The van der Waals surface area contributed by atoms with E-state index in [-0.39, 0.29) is 0 Å². The fourth-order valence-electron chi connectivity index (χ4n) is 2.32. The van der Waals surface area contributed by atoms with Crippen LogP contribution in [0.4, 0.5) is 5.69 Å². The minimum Gasteiger partial charge on any atom is -0.369 e. The maximum Gasteiger partial charge on any atom is 0.0369 e. The second-order valence-corrected chi connectivity index (χ2v) is 4.77. The third-order valence-electron chi connectivity index (χ3n) is 3.42. The van der Waals surface area contributed by atoms with Gasteiger partial charge in [0.05, 0.1) is 0 Å². The number of hydrogen-bond donors (Lipinski definition) is 1. The van der Waals surface area contributed by atoms with Crippen LogP contribution < -0.4 is 10.2 Å². The Morgan fingerprint density at radius 1 is 1.18 bits per heavy atom. The highest BCUT2D eigenvalue weighted by Gasteiger charge is 2.16. The fraction of sp³-hybridized carbons (Fsp3) is 0.571. The Labute approximate surface area is 104 Å². The molecule has 0 bridgehead atoms. The minimum atomic E-state index is 1.09. The third kappa shape index (κ3) is 3.45. The first-order chi connectivity index (χ1) is 8.29. The van der Waals surface area contributed by atoms with Crippen LogP contribution in [-0.2, 0) is 0 Å². The highest BCUT2D eigenvalue weighted by Crippen LogP contribution is 2.17. The van der Waals surface area contributed by atoms with Gasteiger partial charge >= 0.3 is 0 Å². The number of rotatable bonds is 4. The molecule has 94 valence electrons. The summed E-state index contributed by atoms with van der Waals surface area (Å²) in [7, 11) is 2.02. The van der Waals surface area contributed by atoms with Crippen molar-refractivity contribution in [3.05, 3.63) is 29.8 Å². The zero-order valence-electron chi connectivity index (χ0n) is 10.9. The normalized spacial score (nSPS) is 17.4. The van der Waals surface area contributed by atoms with Gasteiger partial charge in [-0.1, -0.05) is 12.1 Å². The van der Waals surface area contributed by atoms with Crippen molar-refractivity contribution in [2.24, 2.45) is 0 Å². The topological polar surface area (TPSA) is 18.5 Å². The van der Waals surface area contributed by atoms with Crippen molar-refractivity contribution in [1.29, 1.82) is 0 Å². The van der Waals surface area contributed by atoms with Crippen LogP contribution in [0.1, 0.15) is 5.56 Å². The van der Waals surface area contributed by atoms with Gasteiger partial charge in [0, 0.05) is 45.0 Å². The smallest absolute Gasteiger partial charge is 0.0369 e. The van der Waals surface area contributed by atoms with Gasteiger partial charge in [0.25, 0.3) is 0 Å². The number of piperazine rings is 1. The number of benzene rings is 1. The molecule has 0 aliphatic carbocycles. The number of anilines is 1. The summed E-state index contributed by atoms with van der Waals surface area (Å²) in [6.07, 6.45) is 0. The first kappa shape index (κ1) is 12.4. The van der Waals surface area contributed by atoms with Gasteiger partial charge in [0.15, 0.2) is 0 Å². The van der Waals surface area contributed by atoms with Crippen molar-refractivity contribution in [1.82, 2.24) is 10.2 Å². The van der Waals surface area contributed by atoms with Crippen LogP contribution in [-0.4, -0.2) is 51.2 Å². The lowest BCUT2D eigenvalue weighted by atomic mass is 10.2. The second kappa shape index (κ2) is 6.03. The van der Waals surface area contributed by atoms with Gasteiger partial charge in [0.2, 0.25) is 0 Å². The molecule has 1 saturated heterocycles. The van der Waals surface area contributed by atoms with Gasteiger partial charge in [-0.05, 0) is 31.7 Å². The molecule has 1 aliphatic heterocycles. The van der Waals surface area contributed by atoms with Crippen molar-refractivity contribution >= 4 is 5.69 Å². The zero-order chi connectivity index (χ0) is 12.1. The van der Waals surface area contributed by atoms with Crippen molar-refractivity contribution < 1.29 is 0 Å². The molecule has 17 heavy (non-hydrogen) atoms. The molecule has 0 saturated carbocycles. The first-order valence-corrected chi connectivity index (χ1v) is 6.48. The molecule has 3 nitrogen and oxygen atoms in total. The van der Waals surface area contributed by atoms with E-state index in [2.05, 4.69) is 46.3 Å². The Bertz CT molecular complexity index is 343. The number of nitrogens with zero attached hydrogens (tertiary/aromatic N) is 2. The lowest BCUT2D eigenvalue weighted by Crippen LogP contribution is -2.48. The van der Waals surface area contributed by atoms with Crippen molar-refractivity contribution in [3.63, 3.8) is 0 Å². The van der Waals surface area contributed by atoms with E-state index in [9.17, 15) is 0 Å². The van der Waals surface area contributed by atoms with E-state index in [1.165, 1.54) is 24.3 Å². The molecule has 1 aliphatic rings. The quantitative estimate of drug-likeness (QED) is 0.846. The predicted octanol–water partition coefficient (Wildman–Crippen LogP) is 1.34. The van der Waals surface area contributed by atoms with Crippen LogP contribution in [0, 0.1) is 6.92 Å². The summed E-state index contributed by atoms with van der Waals surface area (Å²) in [5.41, 5.74) is 2.72. The third-order valence-corrected chi connectivity index (χ3v) is 3.42. The Balaban J connectivity index is 1.86. The molecular formula is C14H23N3. The van der Waals surface area contributed by atoms with E-state index in [0.717, 1.165) is 26.2 Å². The van der Waals surface area contributed by atoms with E-state index >= 15 is 0 Å². The van der Waals surface area contributed by atoms with E-state index in [0.29, 0.717) is 0 Å². The SMILES string of the molecule is CNCCN1CCN(c2cccc(C)c2)CC1. The first-order valence-electron chi connectivity index (χ1n) is 6.48. The highest BCUT2D eigenvalue weighted by atomic mass is 15.3. The zero-order valence-corrected chi connectivity index (χ0v) is 10.9. The lowest BCUT2D eigenvalue weighted by Gasteiger charge is -2.36. The molecule has 1 N–H and O–H groups in total. The molecular weight excluding hydrogens is 210 g/mol. The van der Waals surface area contributed by atoms with Crippen LogP contribution in [0.15, 0.2) is 24.3 Å². The molecule has 0 atom stereocenters. The predicted molar refractivity (Wildman–Crippen MR) is 73.8 cm³/mol. The van der Waals surface area contributed by atoms with Crippen molar-refractivity contribution in [2.75, 3.05) is 51.2 Å². The van der Waals surface area contributed by atoms with Gasteiger partial charge in [0.1, 0.15) is 0 Å². The number of likely N-dealkylation sites (N-methyl/N-ethyl adjacent to an activating group) is 1. The molecule has 2 rings (SSSR count). The summed E-state index contributed by atoms with van der Waals surface area (Å²) in [6, 6.07) is 8.81. The molecule has 1 fully saturated rings. The maximum absolute atomic E-state index is 3.21. The molecule has 1 heterocycles. The Morgan fingerprint density at radius 3 is 2.59 bits per heavy atom. The van der Waals surface area contributed by atoms with E-state index < -0.39 is 0 Å². The summed E-state index contributed by atoms with van der Waals surface area (Å²) >= 11 is 0. The van der Waals surface area contributed by atoms with Crippen LogP contribution in [0.5, 0.6) is 0 Å². The second-order valence-electron chi connectivity index (χ2n) is 4.77. The summed E-state index contributed by atoms with van der Waals surface area (Å²) in [4.78, 5) is 5.02. The molecule has 0 aromatic heterocycles. The highest BCUT2D eigenvalue weighted by molar-refractivity contribution is 5.48. The van der Waals surface area contributed by atoms with Crippen LogP contribution in [0.3, 0.4) is 0 Å². The molecule has 1 aromatic carbocycles. The monoisotopic (exact) mass is 233 g/mol. The largest absolute Gasteiger partial charge is 0.369 e. The summed E-state index contributed by atoms with van der Waals surface area (Å²) in [5.74, 6) is 0. The number of hydrogen-bond acceptors (Lipinski definition) is 3.